The number of methoxy groups -OCH3 is 1. The van der Waals surface area contributed by atoms with Crippen LogP contribution in [-0.2, 0) is 17.8 Å². The fourth-order valence-electron chi connectivity index (χ4n) is 3.49. The molecular weight excluding hydrogens is 364 g/mol. The molecule has 0 radical (unpaired) electrons. The van der Waals surface area contributed by atoms with Gasteiger partial charge in [-0.1, -0.05) is 11.6 Å². The minimum absolute atomic E-state index is 0.352. The third-order valence-corrected chi connectivity index (χ3v) is 5.27. The molecule has 1 atom stereocenters. The summed E-state index contributed by atoms with van der Waals surface area (Å²) in [5.74, 6) is -0.352. The van der Waals surface area contributed by atoms with Crippen molar-refractivity contribution in [2.24, 2.45) is 0 Å². The Labute approximate surface area is 164 Å². The van der Waals surface area contributed by atoms with Crippen molar-refractivity contribution >= 4 is 17.6 Å². The molecule has 1 N–H and O–H groups in total. The lowest BCUT2D eigenvalue weighted by molar-refractivity contribution is 0.0600. The number of halogens is 1. The van der Waals surface area contributed by atoms with Gasteiger partial charge in [-0.2, -0.15) is 0 Å². The standard InChI is InChI=1S/C20H25ClN4O2/c1-27-20(26)16-4-5-19(21)17(9-16)13-25(12-15-10-23-14-24-11-15)18-3-2-7-22-8-6-18/h4-5,9-11,14,18,22H,2-3,6-8,12-13H2,1H3. The van der Waals surface area contributed by atoms with Crippen LogP contribution in [0.2, 0.25) is 5.02 Å². The molecule has 2 aromatic rings. The first-order valence-electron chi connectivity index (χ1n) is 9.23. The van der Waals surface area contributed by atoms with Gasteiger partial charge >= 0.3 is 5.97 Å². The van der Waals surface area contributed by atoms with Crippen LogP contribution in [0.5, 0.6) is 0 Å². The lowest BCUT2D eigenvalue weighted by Gasteiger charge is -2.31. The fraction of sp³-hybridized carbons (Fsp3) is 0.450. The Bertz CT molecular complexity index is 749. The largest absolute Gasteiger partial charge is 0.465 e. The number of carbonyl (C=O) groups excluding carboxylic acids is 1. The Morgan fingerprint density at radius 2 is 2.07 bits per heavy atom. The van der Waals surface area contributed by atoms with Gasteiger partial charge in [-0.05, 0) is 56.1 Å². The molecule has 0 spiro atoms. The van der Waals surface area contributed by atoms with E-state index in [4.69, 9.17) is 16.3 Å². The first kappa shape index (κ1) is 19.7. The fourth-order valence-corrected chi connectivity index (χ4v) is 3.66. The van der Waals surface area contributed by atoms with Crippen LogP contribution in [0.25, 0.3) is 0 Å². The number of hydrogen-bond acceptors (Lipinski definition) is 6. The van der Waals surface area contributed by atoms with Gasteiger partial charge in [0.25, 0.3) is 0 Å². The SMILES string of the molecule is COC(=O)c1ccc(Cl)c(CN(Cc2cncnc2)C2CCCNCC2)c1. The zero-order chi connectivity index (χ0) is 19.1. The third kappa shape index (κ3) is 5.48. The molecule has 1 saturated heterocycles. The number of nitrogens with zero attached hydrogens (tertiary/aromatic N) is 3. The lowest BCUT2D eigenvalue weighted by Crippen LogP contribution is -2.35. The molecule has 27 heavy (non-hydrogen) atoms. The van der Waals surface area contributed by atoms with Gasteiger partial charge in [-0.25, -0.2) is 14.8 Å². The molecule has 144 valence electrons. The maximum absolute atomic E-state index is 11.9. The summed E-state index contributed by atoms with van der Waals surface area (Å²) in [5.41, 5.74) is 2.51. The van der Waals surface area contributed by atoms with Gasteiger partial charge in [0.2, 0.25) is 0 Å². The Hall–Kier alpha value is -2.02. The molecule has 0 bridgehead atoms. The number of carbonyl (C=O) groups is 1. The van der Waals surface area contributed by atoms with E-state index in [1.807, 2.05) is 18.5 Å². The zero-order valence-corrected chi connectivity index (χ0v) is 16.3. The van der Waals surface area contributed by atoms with Crippen molar-refractivity contribution in [3.63, 3.8) is 0 Å². The van der Waals surface area contributed by atoms with Crippen LogP contribution in [0.15, 0.2) is 36.9 Å². The summed E-state index contributed by atoms with van der Waals surface area (Å²) >= 11 is 6.45. The van der Waals surface area contributed by atoms with Crippen molar-refractivity contribution < 1.29 is 9.53 Å². The molecule has 3 rings (SSSR count). The van der Waals surface area contributed by atoms with E-state index in [1.165, 1.54) is 7.11 Å². The number of esters is 1. The van der Waals surface area contributed by atoms with Gasteiger partial charge in [0.1, 0.15) is 6.33 Å². The normalized spacial score (nSPS) is 17.5. The molecule has 1 aromatic carbocycles. The second-order valence-corrected chi connectivity index (χ2v) is 7.19. The van der Waals surface area contributed by atoms with Crippen molar-refractivity contribution in [1.29, 1.82) is 0 Å². The Morgan fingerprint density at radius 1 is 1.26 bits per heavy atom. The van der Waals surface area contributed by atoms with Crippen molar-refractivity contribution in [1.82, 2.24) is 20.2 Å². The first-order valence-corrected chi connectivity index (χ1v) is 9.60. The van der Waals surface area contributed by atoms with Gasteiger partial charge in [-0.15, -0.1) is 0 Å². The Balaban J connectivity index is 1.85. The van der Waals surface area contributed by atoms with E-state index in [9.17, 15) is 4.79 Å². The summed E-state index contributed by atoms with van der Waals surface area (Å²) in [4.78, 5) is 22.6. The lowest BCUT2D eigenvalue weighted by atomic mass is 10.0. The smallest absolute Gasteiger partial charge is 0.337 e. The maximum atomic E-state index is 11.9. The predicted molar refractivity (Wildman–Crippen MR) is 105 cm³/mol. The van der Waals surface area contributed by atoms with E-state index >= 15 is 0 Å². The van der Waals surface area contributed by atoms with Crippen molar-refractivity contribution in [3.05, 3.63) is 58.6 Å². The van der Waals surface area contributed by atoms with Crippen molar-refractivity contribution in [2.45, 2.75) is 38.4 Å². The molecule has 0 amide bonds. The first-order chi connectivity index (χ1) is 13.2. The molecule has 1 aromatic heterocycles. The van der Waals surface area contributed by atoms with Crippen molar-refractivity contribution in [2.75, 3.05) is 20.2 Å². The van der Waals surface area contributed by atoms with Crippen LogP contribution < -0.4 is 5.32 Å². The quantitative estimate of drug-likeness (QED) is 0.767. The highest BCUT2D eigenvalue weighted by Crippen LogP contribution is 2.24. The number of nitrogens with one attached hydrogen (secondary N) is 1. The topological polar surface area (TPSA) is 67.3 Å². The van der Waals surface area contributed by atoms with Gasteiger partial charge < -0.3 is 10.1 Å². The Kier molecular flexibility index (Phi) is 7.15. The monoisotopic (exact) mass is 388 g/mol. The minimum Gasteiger partial charge on any atom is -0.465 e. The summed E-state index contributed by atoms with van der Waals surface area (Å²) in [6, 6.07) is 5.72. The minimum atomic E-state index is -0.352. The second-order valence-electron chi connectivity index (χ2n) is 6.78. The van der Waals surface area contributed by atoms with E-state index in [1.54, 1.807) is 18.5 Å². The summed E-state index contributed by atoms with van der Waals surface area (Å²) in [5, 5.41) is 4.12. The summed E-state index contributed by atoms with van der Waals surface area (Å²) in [6.45, 7) is 3.45. The average molecular weight is 389 g/mol. The van der Waals surface area contributed by atoms with E-state index in [0.717, 1.165) is 50.0 Å². The highest BCUT2D eigenvalue weighted by molar-refractivity contribution is 6.31. The molecule has 2 heterocycles. The van der Waals surface area contributed by atoms with E-state index in [0.29, 0.717) is 23.2 Å². The van der Waals surface area contributed by atoms with Gasteiger partial charge in [0.05, 0.1) is 12.7 Å². The molecule has 0 aliphatic carbocycles. The molecule has 0 saturated carbocycles. The number of benzene rings is 1. The molecule has 6 nitrogen and oxygen atoms in total. The summed E-state index contributed by atoms with van der Waals surface area (Å²) in [7, 11) is 1.39. The van der Waals surface area contributed by atoms with Crippen molar-refractivity contribution in [3.8, 4) is 0 Å². The number of ether oxygens (including phenoxy) is 1. The highest BCUT2D eigenvalue weighted by Gasteiger charge is 2.22. The predicted octanol–water partition coefficient (Wildman–Crippen LogP) is 3.06. The molecule has 1 aliphatic rings. The summed E-state index contributed by atoms with van der Waals surface area (Å²) in [6.07, 6.45) is 8.57. The van der Waals surface area contributed by atoms with E-state index in [2.05, 4.69) is 20.2 Å². The molecule has 1 fully saturated rings. The van der Waals surface area contributed by atoms with Gasteiger partial charge in [0, 0.05) is 42.1 Å². The molecular formula is C20H25ClN4O2. The second kappa shape index (κ2) is 9.78. The summed E-state index contributed by atoms with van der Waals surface area (Å²) < 4.78 is 4.84. The van der Waals surface area contributed by atoms with Crippen LogP contribution in [0, 0.1) is 0 Å². The zero-order valence-electron chi connectivity index (χ0n) is 15.5. The Morgan fingerprint density at radius 3 is 2.85 bits per heavy atom. The third-order valence-electron chi connectivity index (χ3n) is 4.90. The van der Waals surface area contributed by atoms with Crippen LogP contribution in [-0.4, -0.2) is 47.1 Å². The number of hydrogen-bond donors (Lipinski definition) is 1. The maximum Gasteiger partial charge on any atom is 0.337 e. The molecule has 1 unspecified atom stereocenters. The number of aromatic nitrogens is 2. The van der Waals surface area contributed by atoms with E-state index in [-0.39, 0.29) is 5.97 Å². The van der Waals surface area contributed by atoms with Gasteiger partial charge in [0.15, 0.2) is 0 Å². The average Bonchev–Trinajstić information content (AvgIpc) is 2.98. The molecule has 7 heteroatoms. The van der Waals surface area contributed by atoms with Crippen LogP contribution in [0.1, 0.15) is 40.7 Å². The molecule has 1 aliphatic heterocycles. The van der Waals surface area contributed by atoms with Gasteiger partial charge in [-0.3, -0.25) is 4.90 Å². The van der Waals surface area contributed by atoms with Crippen LogP contribution >= 0.6 is 11.6 Å². The van der Waals surface area contributed by atoms with Crippen LogP contribution in [0.3, 0.4) is 0 Å². The highest BCUT2D eigenvalue weighted by atomic mass is 35.5. The van der Waals surface area contributed by atoms with E-state index < -0.39 is 0 Å². The van der Waals surface area contributed by atoms with Crippen LogP contribution in [0.4, 0.5) is 0 Å². The number of rotatable bonds is 6.